The van der Waals surface area contributed by atoms with Crippen molar-refractivity contribution in [1.29, 1.82) is 5.26 Å². The van der Waals surface area contributed by atoms with Gasteiger partial charge in [-0.05, 0) is 59.8 Å². The first-order valence-electron chi connectivity index (χ1n) is 7.81. The van der Waals surface area contributed by atoms with Gasteiger partial charge in [0.05, 0.1) is 11.7 Å². The van der Waals surface area contributed by atoms with E-state index >= 15 is 0 Å². The van der Waals surface area contributed by atoms with Crippen molar-refractivity contribution in [2.45, 2.75) is 26.2 Å². The molecule has 3 aromatic rings. The molecule has 0 saturated carbocycles. The standard InChI is InChI=1S/C17H16BrN5/c1-11-7-13-15(14(18)8-11)21-17(22-5-3-2-4-6-22)23-10-12(9-19)20-16(13)23/h7-8,10H,2-6H2,1H3. The van der Waals surface area contributed by atoms with Gasteiger partial charge in [0.25, 0.3) is 0 Å². The van der Waals surface area contributed by atoms with E-state index in [1.807, 2.05) is 11.3 Å². The Bertz CT molecular complexity index is 947. The minimum absolute atomic E-state index is 0.426. The van der Waals surface area contributed by atoms with Crippen LogP contribution in [0.2, 0.25) is 0 Å². The van der Waals surface area contributed by atoms with Crippen LogP contribution in [-0.2, 0) is 0 Å². The van der Waals surface area contributed by atoms with E-state index in [-0.39, 0.29) is 0 Å². The Morgan fingerprint density at radius 3 is 2.70 bits per heavy atom. The summed E-state index contributed by atoms with van der Waals surface area (Å²) in [7, 11) is 0. The molecule has 6 heteroatoms. The van der Waals surface area contributed by atoms with Gasteiger partial charge in [0.1, 0.15) is 6.07 Å². The molecule has 0 unspecified atom stereocenters. The first-order chi connectivity index (χ1) is 11.2. The molecule has 5 nitrogen and oxygen atoms in total. The fourth-order valence-electron chi connectivity index (χ4n) is 3.27. The summed E-state index contributed by atoms with van der Waals surface area (Å²) >= 11 is 3.63. The van der Waals surface area contributed by atoms with Gasteiger partial charge in [0.15, 0.2) is 11.3 Å². The first kappa shape index (κ1) is 14.5. The lowest BCUT2D eigenvalue weighted by atomic mass is 10.1. The van der Waals surface area contributed by atoms with Gasteiger partial charge >= 0.3 is 0 Å². The fourth-order valence-corrected chi connectivity index (χ4v) is 3.93. The molecule has 1 aliphatic heterocycles. The zero-order valence-corrected chi connectivity index (χ0v) is 14.5. The van der Waals surface area contributed by atoms with E-state index in [9.17, 15) is 5.26 Å². The van der Waals surface area contributed by atoms with Gasteiger partial charge in [-0.1, -0.05) is 0 Å². The average Bonchev–Trinajstić information content (AvgIpc) is 3.00. The van der Waals surface area contributed by atoms with Gasteiger partial charge in [-0.15, -0.1) is 0 Å². The molecule has 0 atom stereocenters. The lowest BCUT2D eigenvalue weighted by Crippen LogP contribution is -2.31. The Morgan fingerprint density at radius 1 is 1.17 bits per heavy atom. The minimum Gasteiger partial charge on any atom is -0.342 e. The Balaban J connectivity index is 2.07. The quantitative estimate of drug-likeness (QED) is 0.654. The number of benzene rings is 1. The zero-order valence-electron chi connectivity index (χ0n) is 12.9. The number of hydrogen-bond acceptors (Lipinski definition) is 4. The molecule has 1 fully saturated rings. The first-order valence-corrected chi connectivity index (χ1v) is 8.60. The van der Waals surface area contributed by atoms with Gasteiger partial charge < -0.3 is 4.90 Å². The molecule has 116 valence electrons. The van der Waals surface area contributed by atoms with Crippen LogP contribution in [0.15, 0.2) is 22.8 Å². The summed E-state index contributed by atoms with van der Waals surface area (Å²) in [5, 5.41) is 10.2. The van der Waals surface area contributed by atoms with Crippen molar-refractivity contribution in [3.63, 3.8) is 0 Å². The lowest BCUT2D eigenvalue weighted by molar-refractivity contribution is 0.567. The van der Waals surface area contributed by atoms with Crippen molar-refractivity contribution in [2.75, 3.05) is 18.0 Å². The van der Waals surface area contributed by atoms with Gasteiger partial charge in [0, 0.05) is 22.9 Å². The molecule has 0 bridgehead atoms. The SMILES string of the molecule is Cc1cc(Br)c2nc(N3CCCCC3)n3cc(C#N)nc3c2c1. The third-order valence-corrected chi connectivity index (χ3v) is 4.94. The van der Waals surface area contributed by atoms with Gasteiger partial charge in [0.2, 0.25) is 5.95 Å². The van der Waals surface area contributed by atoms with E-state index in [2.05, 4.69) is 44.0 Å². The monoisotopic (exact) mass is 369 g/mol. The van der Waals surface area contributed by atoms with Crippen molar-refractivity contribution in [2.24, 2.45) is 0 Å². The van der Waals surface area contributed by atoms with Crippen molar-refractivity contribution >= 4 is 38.4 Å². The van der Waals surface area contributed by atoms with E-state index in [4.69, 9.17) is 4.98 Å². The molecule has 0 radical (unpaired) electrons. The van der Waals surface area contributed by atoms with Gasteiger partial charge in [-0.25, -0.2) is 9.97 Å². The molecule has 1 aliphatic rings. The van der Waals surface area contributed by atoms with Crippen molar-refractivity contribution in [3.05, 3.63) is 34.1 Å². The van der Waals surface area contributed by atoms with Crippen LogP contribution in [0.3, 0.4) is 0 Å². The molecule has 4 rings (SSSR count). The normalized spacial score (nSPS) is 15.3. The van der Waals surface area contributed by atoms with Gasteiger partial charge in [-0.3, -0.25) is 4.40 Å². The number of rotatable bonds is 1. The third kappa shape index (κ3) is 2.36. The number of aromatic nitrogens is 3. The Hall–Kier alpha value is -2.13. The second-order valence-electron chi connectivity index (χ2n) is 6.03. The van der Waals surface area contributed by atoms with Crippen LogP contribution in [0.5, 0.6) is 0 Å². The second-order valence-corrected chi connectivity index (χ2v) is 6.89. The van der Waals surface area contributed by atoms with Crippen LogP contribution in [0.1, 0.15) is 30.5 Å². The van der Waals surface area contributed by atoms with Crippen molar-refractivity contribution in [3.8, 4) is 6.07 Å². The number of nitrogens with zero attached hydrogens (tertiary/aromatic N) is 5. The maximum Gasteiger partial charge on any atom is 0.212 e. The zero-order chi connectivity index (χ0) is 16.0. The van der Waals surface area contributed by atoms with E-state index in [0.29, 0.717) is 5.69 Å². The van der Waals surface area contributed by atoms with Crippen LogP contribution in [-0.4, -0.2) is 27.5 Å². The molecule has 1 aromatic carbocycles. The van der Waals surface area contributed by atoms with E-state index < -0.39 is 0 Å². The molecular formula is C17H16BrN5. The average molecular weight is 370 g/mol. The Kier molecular flexibility index (Phi) is 3.46. The largest absolute Gasteiger partial charge is 0.342 e. The molecular weight excluding hydrogens is 354 g/mol. The van der Waals surface area contributed by atoms with Crippen molar-refractivity contribution < 1.29 is 0 Å². The van der Waals surface area contributed by atoms with E-state index in [0.717, 1.165) is 45.6 Å². The minimum atomic E-state index is 0.426. The molecule has 0 amide bonds. The van der Waals surface area contributed by atoms with Crippen LogP contribution >= 0.6 is 15.9 Å². The van der Waals surface area contributed by atoms with Gasteiger partial charge in [-0.2, -0.15) is 5.26 Å². The Labute approximate surface area is 142 Å². The molecule has 23 heavy (non-hydrogen) atoms. The fraction of sp³-hybridized carbons (Fsp3) is 0.353. The van der Waals surface area contributed by atoms with Crippen molar-refractivity contribution in [1.82, 2.24) is 14.4 Å². The third-order valence-electron chi connectivity index (χ3n) is 4.34. The number of hydrogen-bond donors (Lipinski definition) is 0. The predicted octanol–water partition coefficient (Wildman–Crippen LogP) is 3.82. The number of piperidine rings is 1. The Morgan fingerprint density at radius 2 is 1.96 bits per heavy atom. The molecule has 0 aliphatic carbocycles. The maximum absolute atomic E-state index is 9.25. The van der Waals surface area contributed by atoms with Crippen LogP contribution in [0.4, 0.5) is 5.95 Å². The summed E-state index contributed by atoms with van der Waals surface area (Å²) in [5.41, 5.74) is 3.27. The highest BCUT2D eigenvalue weighted by Gasteiger charge is 2.19. The number of imidazole rings is 1. The second kappa shape index (κ2) is 5.50. The summed E-state index contributed by atoms with van der Waals surface area (Å²) in [6.07, 6.45) is 5.41. The summed E-state index contributed by atoms with van der Waals surface area (Å²) in [5.74, 6) is 0.880. The smallest absolute Gasteiger partial charge is 0.212 e. The van der Waals surface area contributed by atoms with E-state index in [1.54, 1.807) is 6.20 Å². The predicted molar refractivity (Wildman–Crippen MR) is 93.7 cm³/mol. The lowest BCUT2D eigenvalue weighted by Gasteiger charge is -2.28. The molecule has 1 saturated heterocycles. The highest BCUT2D eigenvalue weighted by molar-refractivity contribution is 9.10. The number of nitriles is 1. The number of halogens is 1. The van der Waals surface area contributed by atoms with Crippen LogP contribution < -0.4 is 4.90 Å². The molecule has 3 heterocycles. The van der Waals surface area contributed by atoms with Crippen LogP contribution in [0, 0.1) is 18.3 Å². The number of anilines is 1. The van der Waals surface area contributed by atoms with E-state index in [1.165, 1.54) is 19.3 Å². The highest BCUT2D eigenvalue weighted by atomic mass is 79.9. The number of fused-ring (bicyclic) bond motifs is 3. The number of aryl methyl sites for hydroxylation is 1. The summed E-state index contributed by atoms with van der Waals surface area (Å²) < 4.78 is 2.94. The molecule has 0 N–H and O–H groups in total. The summed E-state index contributed by atoms with van der Waals surface area (Å²) in [6.45, 7) is 4.04. The maximum atomic E-state index is 9.25. The topological polar surface area (TPSA) is 57.2 Å². The van der Waals surface area contributed by atoms with Crippen LogP contribution in [0.25, 0.3) is 16.6 Å². The molecule has 2 aromatic heterocycles. The highest BCUT2D eigenvalue weighted by Crippen LogP contribution is 2.31. The summed E-state index contributed by atoms with van der Waals surface area (Å²) in [4.78, 5) is 11.7. The summed E-state index contributed by atoms with van der Waals surface area (Å²) in [6, 6.07) is 6.30. The molecule has 0 spiro atoms.